The van der Waals surface area contributed by atoms with Gasteiger partial charge in [-0.1, -0.05) is 55.3 Å². The van der Waals surface area contributed by atoms with Gasteiger partial charge in [-0.05, 0) is 40.4 Å². The lowest BCUT2D eigenvalue weighted by molar-refractivity contribution is 0.586. The molecule has 0 bridgehead atoms. The maximum atomic E-state index is 8.66. The van der Waals surface area contributed by atoms with Crippen LogP contribution in [0.1, 0.15) is 50.8 Å². The number of azide groups is 2. The highest BCUT2D eigenvalue weighted by Gasteiger charge is 2.15. The molecule has 0 aliphatic rings. The van der Waals surface area contributed by atoms with Crippen molar-refractivity contribution in [3.05, 3.63) is 56.3 Å². The van der Waals surface area contributed by atoms with Crippen molar-refractivity contribution in [1.82, 2.24) is 0 Å². The minimum Gasteiger partial charge on any atom is -0.0940 e. The number of nitrogens with zero attached hydrogens (tertiary/aromatic N) is 6. The van der Waals surface area contributed by atoms with Crippen molar-refractivity contribution < 1.29 is 0 Å². The van der Waals surface area contributed by atoms with E-state index in [0.29, 0.717) is 19.4 Å². The van der Waals surface area contributed by atoms with Crippen LogP contribution >= 0.6 is 0 Å². The van der Waals surface area contributed by atoms with E-state index in [1.807, 2.05) is 12.1 Å². The Bertz CT molecular complexity index is 516. The quantitative estimate of drug-likeness (QED) is 0.285. The molecular weight excluding hydrogens is 252 g/mol. The molecule has 0 saturated carbocycles. The van der Waals surface area contributed by atoms with Crippen LogP contribution in [0.15, 0.2) is 34.5 Å². The van der Waals surface area contributed by atoms with Crippen molar-refractivity contribution >= 4 is 0 Å². The topological polar surface area (TPSA) is 97.5 Å². The van der Waals surface area contributed by atoms with Crippen LogP contribution in [-0.2, 0) is 5.41 Å². The second kappa shape index (κ2) is 7.43. The molecule has 0 radical (unpaired) electrons. The van der Waals surface area contributed by atoms with Gasteiger partial charge in [0.05, 0.1) is 6.04 Å². The van der Waals surface area contributed by atoms with Gasteiger partial charge in [0, 0.05) is 16.4 Å². The highest BCUT2D eigenvalue weighted by Crippen LogP contribution is 2.27. The highest BCUT2D eigenvalue weighted by molar-refractivity contribution is 5.29. The Morgan fingerprint density at radius 2 is 1.75 bits per heavy atom. The normalized spacial score (nSPS) is 12.2. The summed E-state index contributed by atoms with van der Waals surface area (Å²) in [5.41, 5.74) is 19.2. The monoisotopic (exact) mass is 272 g/mol. The van der Waals surface area contributed by atoms with Crippen LogP contribution in [0.25, 0.3) is 20.9 Å². The molecule has 106 valence electrons. The molecule has 1 rings (SSSR count). The van der Waals surface area contributed by atoms with Gasteiger partial charge >= 0.3 is 0 Å². The highest BCUT2D eigenvalue weighted by atomic mass is 15.1. The van der Waals surface area contributed by atoms with E-state index in [1.54, 1.807) is 0 Å². The molecule has 0 fully saturated rings. The molecule has 0 aromatic heterocycles. The summed E-state index contributed by atoms with van der Waals surface area (Å²) in [4.78, 5) is 5.62. The van der Waals surface area contributed by atoms with Crippen molar-refractivity contribution in [3.63, 3.8) is 0 Å². The number of benzene rings is 1. The SMILES string of the molecule is CC(C)(C)c1ccc(C(CCCN=[N+]=[N-])N=[N+]=[N-])cc1. The average Bonchev–Trinajstić information content (AvgIpc) is 2.41. The molecule has 6 heteroatoms. The van der Waals surface area contributed by atoms with Gasteiger partial charge < -0.3 is 0 Å². The predicted octanol–water partition coefficient (Wildman–Crippen LogP) is 5.43. The third-order valence-corrected chi connectivity index (χ3v) is 3.15. The lowest BCUT2D eigenvalue weighted by Gasteiger charge is -2.20. The van der Waals surface area contributed by atoms with Gasteiger partial charge in [-0.25, -0.2) is 0 Å². The van der Waals surface area contributed by atoms with Gasteiger partial charge in [-0.2, -0.15) is 0 Å². The van der Waals surface area contributed by atoms with Gasteiger partial charge in [0.25, 0.3) is 0 Å². The Labute approximate surface area is 119 Å². The number of hydrogen-bond acceptors (Lipinski definition) is 2. The molecule has 0 N–H and O–H groups in total. The second-order valence-corrected chi connectivity index (χ2v) is 5.69. The van der Waals surface area contributed by atoms with Crippen LogP contribution < -0.4 is 0 Å². The first-order chi connectivity index (χ1) is 9.49. The second-order valence-electron chi connectivity index (χ2n) is 5.69. The smallest absolute Gasteiger partial charge is 0.0625 e. The molecule has 0 aliphatic heterocycles. The maximum absolute atomic E-state index is 8.66. The average molecular weight is 272 g/mol. The standard InChI is InChI=1S/C14H20N6/c1-14(2,3)12-8-6-11(7-9-12)13(18-20-16)5-4-10-17-19-15/h6-9,13H,4-5,10H2,1-3H3. The molecule has 1 unspecified atom stereocenters. The Morgan fingerprint density at radius 3 is 2.25 bits per heavy atom. The molecular formula is C14H20N6. The summed E-state index contributed by atoms with van der Waals surface area (Å²) in [5.74, 6) is 0. The predicted molar refractivity (Wildman–Crippen MR) is 80.3 cm³/mol. The van der Waals surface area contributed by atoms with Gasteiger partial charge in [0.15, 0.2) is 0 Å². The number of hydrogen-bond donors (Lipinski definition) is 0. The van der Waals surface area contributed by atoms with Crippen LogP contribution in [0.2, 0.25) is 0 Å². The zero-order valence-electron chi connectivity index (χ0n) is 12.2. The Kier molecular flexibility index (Phi) is 5.91. The van der Waals surface area contributed by atoms with Gasteiger partial charge in [-0.3, -0.25) is 0 Å². The molecule has 0 aliphatic carbocycles. The molecule has 0 heterocycles. The maximum Gasteiger partial charge on any atom is 0.0625 e. The third kappa shape index (κ3) is 4.84. The third-order valence-electron chi connectivity index (χ3n) is 3.15. The summed E-state index contributed by atoms with van der Waals surface area (Å²) in [7, 11) is 0. The van der Waals surface area contributed by atoms with Crippen molar-refractivity contribution in [2.75, 3.05) is 6.54 Å². The van der Waals surface area contributed by atoms with Crippen LogP contribution in [-0.4, -0.2) is 6.54 Å². The molecule has 0 saturated heterocycles. The molecule has 1 aromatic carbocycles. The fourth-order valence-electron chi connectivity index (χ4n) is 1.96. The van der Waals surface area contributed by atoms with E-state index >= 15 is 0 Å². The first kappa shape index (κ1) is 15.9. The first-order valence-corrected chi connectivity index (χ1v) is 6.64. The molecule has 20 heavy (non-hydrogen) atoms. The summed E-state index contributed by atoms with van der Waals surface area (Å²) in [6.45, 7) is 6.90. The van der Waals surface area contributed by atoms with Crippen LogP contribution in [0.5, 0.6) is 0 Å². The summed E-state index contributed by atoms with van der Waals surface area (Å²) in [5, 5.41) is 7.32. The largest absolute Gasteiger partial charge is 0.0940 e. The molecule has 6 nitrogen and oxygen atoms in total. The Hall–Kier alpha value is -2.16. The van der Waals surface area contributed by atoms with Crippen LogP contribution in [0.4, 0.5) is 0 Å². The van der Waals surface area contributed by atoms with Crippen molar-refractivity contribution in [1.29, 1.82) is 0 Å². The first-order valence-electron chi connectivity index (χ1n) is 6.64. The fourth-order valence-corrected chi connectivity index (χ4v) is 1.96. The van der Waals surface area contributed by atoms with Gasteiger partial charge in [0.1, 0.15) is 0 Å². The van der Waals surface area contributed by atoms with E-state index in [0.717, 1.165) is 5.56 Å². The van der Waals surface area contributed by atoms with Crippen molar-refractivity contribution in [2.45, 2.75) is 45.1 Å². The van der Waals surface area contributed by atoms with E-state index in [2.05, 4.69) is 53.0 Å². The lowest BCUT2D eigenvalue weighted by atomic mass is 9.86. The van der Waals surface area contributed by atoms with Crippen LogP contribution in [0.3, 0.4) is 0 Å². The van der Waals surface area contributed by atoms with E-state index in [1.165, 1.54) is 5.56 Å². The van der Waals surface area contributed by atoms with E-state index in [9.17, 15) is 0 Å². The van der Waals surface area contributed by atoms with E-state index in [4.69, 9.17) is 11.1 Å². The Morgan fingerprint density at radius 1 is 1.10 bits per heavy atom. The zero-order valence-corrected chi connectivity index (χ0v) is 12.2. The molecule has 0 amide bonds. The summed E-state index contributed by atoms with van der Waals surface area (Å²) >= 11 is 0. The number of rotatable bonds is 6. The summed E-state index contributed by atoms with van der Waals surface area (Å²) < 4.78 is 0. The lowest BCUT2D eigenvalue weighted by Crippen LogP contribution is -2.11. The minimum atomic E-state index is -0.206. The molecule has 0 spiro atoms. The Balaban J connectivity index is 2.81. The van der Waals surface area contributed by atoms with Gasteiger partial charge in [-0.15, -0.1) is 0 Å². The van der Waals surface area contributed by atoms with E-state index < -0.39 is 0 Å². The van der Waals surface area contributed by atoms with Crippen molar-refractivity contribution in [2.24, 2.45) is 10.2 Å². The zero-order chi connectivity index (χ0) is 15.0. The summed E-state index contributed by atoms with van der Waals surface area (Å²) in [6.07, 6.45) is 1.38. The van der Waals surface area contributed by atoms with Crippen LogP contribution in [0, 0.1) is 0 Å². The minimum absolute atomic E-state index is 0.105. The molecule has 1 atom stereocenters. The van der Waals surface area contributed by atoms with E-state index in [-0.39, 0.29) is 11.5 Å². The fraction of sp³-hybridized carbons (Fsp3) is 0.571. The van der Waals surface area contributed by atoms with Crippen molar-refractivity contribution in [3.8, 4) is 0 Å². The molecule has 1 aromatic rings. The summed E-state index contributed by atoms with van der Waals surface area (Å²) in [6, 6.07) is 7.95. The van der Waals surface area contributed by atoms with Gasteiger partial charge in [0.2, 0.25) is 0 Å².